The van der Waals surface area contributed by atoms with Crippen molar-refractivity contribution in [2.24, 2.45) is 5.41 Å². The molecule has 5 rings (SSSR count). The highest BCUT2D eigenvalue weighted by Crippen LogP contribution is 2.50. The molecule has 0 spiro atoms. The van der Waals surface area contributed by atoms with Gasteiger partial charge in [0.2, 0.25) is 0 Å². The molecule has 39 heavy (non-hydrogen) atoms. The van der Waals surface area contributed by atoms with Gasteiger partial charge in [-0.1, -0.05) is 78.3 Å². The number of rotatable bonds is 11. The summed E-state index contributed by atoms with van der Waals surface area (Å²) >= 11 is 8.12. The van der Waals surface area contributed by atoms with Crippen LogP contribution in [0, 0.1) is 5.41 Å². The van der Waals surface area contributed by atoms with Gasteiger partial charge in [-0.25, -0.2) is 4.98 Å². The molecule has 1 atom stereocenters. The summed E-state index contributed by atoms with van der Waals surface area (Å²) in [6, 6.07) is 26.8. The van der Waals surface area contributed by atoms with Gasteiger partial charge in [0.25, 0.3) is 0 Å². The van der Waals surface area contributed by atoms with Crippen molar-refractivity contribution in [1.29, 1.82) is 0 Å². The molecule has 3 aromatic carbocycles. The van der Waals surface area contributed by atoms with Crippen LogP contribution in [0.15, 0.2) is 78.9 Å². The number of nitrogens with zero attached hydrogens (tertiary/aromatic N) is 1. The first-order valence-corrected chi connectivity index (χ1v) is 15.0. The molecular formula is C34H36ClNO2S. The summed E-state index contributed by atoms with van der Waals surface area (Å²) in [5.41, 5.74) is 5.60. The maximum atomic E-state index is 10.7. The highest BCUT2D eigenvalue weighted by Gasteiger charge is 2.42. The molecule has 5 heteroatoms. The molecule has 2 N–H and O–H groups in total. The Bertz CT molecular complexity index is 1470. The molecule has 0 amide bonds. The lowest BCUT2D eigenvalue weighted by Crippen LogP contribution is -2.18. The summed E-state index contributed by atoms with van der Waals surface area (Å²) in [5.74, 6) is 0.963. The number of aliphatic hydroxyl groups excluding tert-OH is 1. The van der Waals surface area contributed by atoms with Gasteiger partial charge < -0.3 is 10.2 Å². The molecule has 0 bridgehead atoms. The van der Waals surface area contributed by atoms with E-state index in [1.54, 1.807) is 0 Å². The standard InChI is InChI=1S/C34H36ClNO2S/c1-33(2,38)30-9-4-3-7-25(30)13-17-32(39-23-34(22-37)18-19-34)27-8-5-6-24(20-27)10-15-29-16-12-26-11-14-28(35)21-31(26)36-29/h3-12,14-16,20-21,32,37-38H,13,17-19,22-23H2,1-2H3. The molecular weight excluding hydrogens is 522 g/mol. The predicted molar refractivity (Wildman–Crippen MR) is 166 cm³/mol. The summed E-state index contributed by atoms with van der Waals surface area (Å²) in [6.07, 6.45) is 8.22. The Hall–Kier alpha value is -2.63. The van der Waals surface area contributed by atoms with Crippen molar-refractivity contribution in [3.63, 3.8) is 0 Å². The monoisotopic (exact) mass is 557 g/mol. The first-order valence-electron chi connectivity index (χ1n) is 13.6. The van der Waals surface area contributed by atoms with Crippen LogP contribution in [0.2, 0.25) is 5.02 Å². The fourth-order valence-corrected chi connectivity index (χ4v) is 6.74. The van der Waals surface area contributed by atoms with E-state index in [0.717, 1.165) is 59.2 Å². The Balaban J connectivity index is 1.36. The third-order valence-electron chi connectivity index (χ3n) is 7.64. The van der Waals surface area contributed by atoms with E-state index in [-0.39, 0.29) is 17.3 Å². The Morgan fingerprint density at radius 1 is 1.00 bits per heavy atom. The van der Waals surface area contributed by atoms with Gasteiger partial charge in [-0.15, -0.1) is 0 Å². The number of halogens is 1. The molecule has 1 aliphatic rings. The van der Waals surface area contributed by atoms with Crippen molar-refractivity contribution in [1.82, 2.24) is 4.98 Å². The number of thioether (sulfide) groups is 1. The number of benzene rings is 3. The molecule has 1 aromatic heterocycles. The predicted octanol–water partition coefficient (Wildman–Crippen LogP) is 8.47. The molecule has 3 nitrogen and oxygen atoms in total. The average molecular weight is 558 g/mol. The highest BCUT2D eigenvalue weighted by atomic mass is 35.5. The minimum absolute atomic E-state index is 0.0933. The van der Waals surface area contributed by atoms with Crippen molar-refractivity contribution < 1.29 is 10.2 Å². The second-order valence-electron chi connectivity index (χ2n) is 11.3. The van der Waals surface area contributed by atoms with Gasteiger partial charge in [-0.3, -0.25) is 0 Å². The number of pyridine rings is 1. The number of aromatic nitrogens is 1. The first kappa shape index (κ1) is 27.9. The van der Waals surface area contributed by atoms with Gasteiger partial charge in [0, 0.05) is 33.4 Å². The van der Waals surface area contributed by atoms with E-state index in [1.165, 1.54) is 11.1 Å². The van der Waals surface area contributed by atoms with Crippen LogP contribution in [0.25, 0.3) is 23.1 Å². The number of hydrogen-bond acceptors (Lipinski definition) is 4. The second kappa shape index (κ2) is 11.9. The van der Waals surface area contributed by atoms with Crippen LogP contribution in [0.3, 0.4) is 0 Å². The van der Waals surface area contributed by atoms with Gasteiger partial charge in [-0.05, 0) is 86.1 Å². The van der Waals surface area contributed by atoms with Crippen molar-refractivity contribution in [2.75, 3.05) is 12.4 Å². The summed E-state index contributed by atoms with van der Waals surface area (Å²) in [4.78, 5) is 4.75. The summed E-state index contributed by atoms with van der Waals surface area (Å²) in [5, 5.41) is 22.7. The van der Waals surface area contributed by atoms with E-state index in [0.29, 0.717) is 5.02 Å². The molecule has 1 unspecified atom stereocenters. The SMILES string of the molecule is CC(C)(O)c1ccccc1CCC(SCC1(CO)CC1)c1cccc(C=Cc2ccc3ccc(Cl)cc3n2)c1. The van der Waals surface area contributed by atoms with E-state index in [9.17, 15) is 10.2 Å². The Morgan fingerprint density at radius 3 is 2.56 bits per heavy atom. The molecule has 1 heterocycles. The molecule has 1 aliphatic carbocycles. The Labute approximate surface area is 241 Å². The van der Waals surface area contributed by atoms with Crippen LogP contribution in [0.5, 0.6) is 0 Å². The lowest BCUT2D eigenvalue weighted by atomic mass is 9.90. The minimum atomic E-state index is -0.874. The quantitative estimate of drug-likeness (QED) is 0.194. The molecule has 202 valence electrons. The zero-order valence-corrected chi connectivity index (χ0v) is 24.2. The van der Waals surface area contributed by atoms with Crippen molar-refractivity contribution >= 4 is 46.4 Å². The number of aliphatic hydroxyl groups is 2. The number of fused-ring (bicyclic) bond motifs is 1. The summed E-state index contributed by atoms with van der Waals surface area (Å²) < 4.78 is 0. The zero-order chi connectivity index (χ0) is 27.5. The fraction of sp³-hybridized carbons (Fsp3) is 0.324. The van der Waals surface area contributed by atoms with Gasteiger partial charge in [0.1, 0.15) is 0 Å². The third-order valence-corrected chi connectivity index (χ3v) is 9.56. The molecule has 0 radical (unpaired) electrons. The number of aryl methyl sites for hydroxylation is 1. The second-order valence-corrected chi connectivity index (χ2v) is 12.9. The van der Waals surface area contributed by atoms with Crippen LogP contribution >= 0.6 is 23.4 Å². The lowest BCUT2D eigenvalue weighted by molar-refractivity contribution is 0.0776. The Morgan fingerprint density at radius 2 is 1.79 bits per heavy atom. The smallest absolute Gasteiger partial charge is 0.0843 e. The maximum Gasteiger partial charge on any atom is 0.0843 e. The molecule has 0 saturated heterocycles. The van der Waals surface area contributed by atoms with E-state index in [4.69, 9.17) is 16.6 Å². The highest BCUT2D eigenvalue weighted by molar-refractivity contribution is 7.99. The Kier molecular flexibility index (Phi) is 8.49. The third kappa shape index (κ3) is 7.12. The molecule has 1 fully saturated rings. The zero-order valence-electron chi connectivity index (χ0n) is 22.6. The lowest BCUT2D eigenvalue weighted by Gasteiger charge is -2.24. The van der Waals surface area contributed by atoms with Gasteiger partial charge >= 0.3 is 0 Å². The molecule has 1 saturated carbocycles. The average Bonchev–Trinajstić information content (AvgIpc) is 3.72. The largest absolute Gasteiger partial charge is 0.396 e. The summed E-state index contributed by atoms with van der Waals surface area (Å²) in [7, 11) is 0. The minimum Gasteiger partial charge on any atom is -0.396 e. The van der Waals surface area contributed by atoms with Crippen LogP contribution in [0.4, 0.5) is 0 Å². The van der Waals surface area contributed by atoms with Crippen LogP contribution in [0.1, 0.15) is 66.3 Å². The first-order chi connectivity index (χ1) is 18.7. The van der Waals surface area contributed by atoms with Gasteiger partial charge in [-0.2, -0.15) is 11.8 Å². The van der Waals surface area contributed by atoms with Crippen molar-refractivity contribution in [3.05, 3.63) is 112 Å². The fourth-order valence-electron chi connectivity index (χ4n) is 5.01. The van der Waals surface area contributed by atoms with Crippen LogP contribution < -0.4 is 0 Å². The van der Waals surface area contributed by atoms with Crippen LogP contribution in [-0.4, -0.2) is 27.6 Å². The van der Waals surface area contributed by atoms with Gasteiger partial charge in [0.05, 0.1) is 16.8 Å². The van der Waals surface area contributed by atoms with E-state index >= 15 is 0 Å². The van der Waals surface area contributed by atoms with Crippen molar-refractivity contribution in [2.45, 2.75) is 50.4 Å². The maximum absolute atomic E-state index is 10.7. The van der Waals surface area contributed by atoms with Gasteiger partial charge in [0.15, 0.2) is 0 Å². The topological polar surface area (TPSA) is 53.4 Å². The van der Waals surface area contributed by atoms with E-state index in [2.05, 4.69) is 48.5 Å². The molecule has 0 aliphatic heterocycles. The van der Waals surface area contributed by atoms with Crippen LogP contribution in [-0.2, 0) is 12.0 Å². The summed E-state index contributed by atoms with van der Waals surface area (Å²) in [6.45, 7) is 3.97. The normalized spacial score (nSPS) is 15.6. The van der Waals surface area contributed by atoms with E-state index in [1.807, 2.05) is 68.1 Å². The van der Waals surface area contributed by atoms with E-state index < -0.39 is 5.60 Å². The number of hydrogen-bond donors (Lipinski definition) is 2. The molecule has 4 aromatic rings. The van der Waals surface area contributed by atoms with Crippen molar-refractivity contribution in [3.8, 4) is 0 Å².